The molecule has 0 unspecified atom stereocenters. The summed E-state index contributed by atoms with van der Waals surface area (Å²) in [5.74, 6) is -1.26. The number of nitro groups is 2. The van der Waals surface area contributed by atoms with Crippen LogP contribution in [-0.4, -0.2) is 35.9 Å². The van der Waals surface area contributed by atoms with Crippen molar-refractivity contribution in [2.75, 3.05) is 19.5 Å². The van der Waals surface area contributed by atoms with E-state index >= 15 is 0 Å². The van der Waals surface area contributed by atoms with Gasteiger partial charge in [-0.05, 0) is 35.9 Å². The summed E-state index contributed by atoms with van der Waals surface area (Å²) in [6.07, 6.45) is 1.25. The highest BCUT2D eigenvalue weighted by atomic mass is 79.9. The lowest BCUT2D eigenvalue weighted by Gasteiger charge is -2.14. The molecule has 3 aromatic rings. The maximum atomic E-state index is 13.3. The minimum Gasteiger partial charge on any atom is -0.496 e. The number of anilines is 1. The number of hydrogen-bond donors (Lipinski definition) is 2. The Hall–Kier alpha value is -4.78. The second-order valence-corrected chi connectivity index (χ2v) is 8.22. The molecule has 190 valence electrons. The molecule has 0 radical (unpaired) electrons. The topological polar surface area (TPSA) is 163 Å². The Morgan fingerprint density at radius 3 is 2.22 bits per heavy atom. The SMILES string of the molecule is COc1cc([N+](=O)[O-])ccc1NC(=O)/C(=C/c1cccc([N+](=O)[O-])c1)NC(=O)c1cc(Br)ccc1OC. The van der Waals surface area contributed by atoms with E-state index in [2.05, 4.69) is 26.6 Å². The van der Waals surface area contributed by atoms with Gasteiger partial charge in [-0.3, -0.25) is 29.8 Å². The van der Waals surface area contributed by atoms with Crippen molar-refractivity contribution in [2.45, 2.75) is 0 Å². The van der Waals surface area contributed by atoms with Crippen molar-refractivity contribution in [1.82, 2.24) is 5.32 Å². The molecule has 0 fully saturated rings. The van der Waals surface area contributed by atoms with E-state index in [9.17, 15) is 29.8 Å². The van der Waals surface area contributed by atoms with Crippen molar-refractivity contribution in [3.05, 3.63) is 102 Å². The second kappa shape index (κ2) is 11.8. The zero-order valence-corrected chi connectivity index (χ0v) is 21.0. The van der Waals surface area contributed by atoms with E-state index in [-0.39, 0.29) is 45.4 Å². The van der Waals surface area contributed by atoms with Gasteiger partial charge in [0.25, 0.3) is 23.2 Å². The molecular formula is C24H19BrN4O8. The molecule has 0 heterocycles. The Labute approximate surface area is 218 Å². The lowest BCUT2D eigenvalue weighted by Crippen LogP contribution is -2.31. The molecule has 0 bridgehead atoms. The summed E-state index contributed by atoms with van der Waals surface area (Å²) in [5.41, 5.74) is -0.271. The molecule has 2 N–H and O–H groups in total. The number of carbonyl (C=O) groups excluding carboxylic acids is 2. The molecule has 2 amide bonds. The highest BCUT2D eigenvalue weighted by Gasteiger charge is 2.21. The monoisotopic (exact) mass is 570 g/mol. The first-order valence-electron chi connectivity index (χ1n) is 10.4. The van der Waals surface area contributed by atoms with Gasteiger partial charge in [0.1, 0.15) is 17.2 Å². The van der Waals surface area contributed by atoms with Gasteiger partial charge in [-0.1, -0.05) is 28.1 Å². The highest BCUT2D eigenvalue weighted by Crippen LogP contribution is 2.30. The molecule has 13 heteroatoms. The third-order valence-electron chi connectivity index (χ3n) is 4.94. The summed E-state index contributed by atoms with van der Waals surface area (Å²) in [6, 6.07) is 13.8. The van der Waals surface area contributed by atoms with E-state index in [4.69, 9.17) is 9.47 Å². The van der Waals surface area contributed by atoms with E-state index < -0.39 is 21.7 Å². The number of benzene rings is 3. The zero-order valence-electron chi connectivity index (χ0n) is 19.4. The van der Waals surface area contributed by atoms with Gasteiger partial charge in [0.2, 0.25) is 0 Å². The van der Waals surface area contributed by atoms with E-state index in [1.807, 2.05) is 0 Å². The van der Waals surface area contributed by atoms with Gasteiger partial charge < -0.3 is 20.1 Å². The molecule has 0 aliphatic heterocycles. The molecule has 3 rings (SSSR count). The number of hydrogen-bond acceptors (Lipinski definition) is 8. The third-order valence-corrected chi connectivity index (χ3v) is 5.43. The second-order valence-electron chi connectivity index (χ2n) is 7.30. The van der Waals surface area contributed by atoms with Crippen molar-refractivity contribution >= 4 is 50.9 Å². The molecule has 12 nitrogen and oxygen atoms in total. The molecule has 0 saturated heterocycles. The van der Waals surface area contributed by atoms with Gasteiger partial charge in [-0.25, -0.2) is 0 Å². The Balaban J connectivity index is 2.02. The van der Waals surface area contributed by atoms with Crippen molar-refractivity contribution in [3.63, 3.8) is 0 Å². The van der Waals surface area contributed by atoms with E-state index in [1.165, 1.54) is 62.8 Å². The average molecular weight is 571 g/mol. The van der Waals surface area contributed by atoms with Crippen LogP contribution in [0, 0.1) is 20.2 Å². The Morgan fingerprint density at radius 2 is 1.57 bits per heavy atom. The maximum absolute atomic E-state index is 13.3. The van der Waals surface area contributed by atoms with Crippen LogP contribution in [0.15, 0.2) is 70.8 Å². The molecule has 3 aromatic carbocycles. The Morgan fingerprint density at radius 1 is 0.892 bits per heavy atom. The molecular weight excluding hydrogens is 552 g/mol. The summed E-state index contributed by atoms with van der Waals surface area (Å²) in [7, 11) is 2.66. The summed E-state index contributed by atoms with van der Waals surface area (Å²) in [4.78, 5) is 47.4. The lowest BCUT2D eigenvalue weighted by molar-refractivity contribution is -0.385. The number of carbonyl (C=O) groups is 2. The molecule has 0 aliphatic carbocycles. The molecule has 0 spiro atoms. The quantitative estimate of drug-likeness (QED) is 0.212. The largest absolute Gasteiger partial charge is 0.496 e. The normalized spacial score (nSPS) is 10.8. The molecule has 0 saturated carbocycles. The predicted octanol–water partition coefficient (Wildman–Crippen LogP) is 4.69. The van der Waals surface area contributed by atoms with Gasteiger partial charge in [0.05, 0.1) is 41.4 Å². The van der Waals surface area contributed by atoms with Crippen LogP contribution in [0.1, 0.15) is 15.9 Å². The average Bonchev–Trinajstić information content (AvgIpc) is 2.88. The molecule has 0 aromatic heterocycles. The fraction of sp³-hybridized carbons (Fsp3) is 0.0833. The van der Waals surface area contributed by atoms with Gasteiger partial charge in [-0.2, -0.15) is 0 Å². The number of amides is 2. The van der Waals surface area contributed by atoms with Crippen LogP contribution >= 0.6 is 15.9 Å². The number of ether oxygens (including phenoxy) is 2. The summed E-state index contributed by atoms with van der Waals surface area (Å²) in [5, 5.41) is 27.3. The first-order valence-corrected chi connectivity index (χ1v) is 11.2. The highest BCUT2D eigenvalue weighted by molar-refractivity contribution is 9.10. The minimum absolute atomic E-state index is 0.0113. The lowest BCUT2D eigenvalue weighted by atomic mass is 10.1. The van der Waals surface area contributed by atoms with E-state index in [0.717, 1.165) is 6.07 Å². The summed E-state index contributed by atoms with van der Waals surface area (Å²) < 4.78 is 11.0. The summed E-state index contributed by atoms with van der Waals surface area (Å²) >= 11 is 3.29. The molecule has 0 aliphatic rings. The minimum atomic E-state index is -0.819. The molecule has 37 heavy (non-hydrogen) atoms. The predicted molar refractivity (Wildman–Crippen MR) is 138 cm³/mol. The van der Waals surface area contributed by atoms with Crippen LogP contribution in [0.3, 0.4) is 0 Å². The number of nitrogens with zero attached hydrogens (tertiary/aromatic N) is 2. The molecule has 0 atom stereocenters. The van der Waals surface area contributed by atoms with Crippen LogP contribution in [-0.2, 0) is 4.79 Å². The maximum Gasteiger partial charge on any atom is 0.273 e. The number of methoxy groups -OCH3 is 2. The Kier molecular flexibility index (Phi) is 8.53. The fourth-order valence-electron chi connectivity index (χ4n) is 3.19. The smallest absolute Gasteiger partial charge is 0.273 e. The van der Waals surface area contributed by atoms with Gasteiger partial charge in [-0.15, -0.1) is 0 Å². The summed E-state index contributed by atoms with van der Waals surface area (Å²) in [6.45, 7) is 0. The van der Waals surface area contributed by atoms with Crippen molar-refractivity contribution in [1.29, 1.82) is 0 Å². The number of nitro benzene ring substituents is 2. The first kappa shape index (κ1) is 26.8. The van der Waals surface area contributed by atoms with Gasteiger partial charge in [0.15, 0.2) is 0 Å². The number of rotatable bonds is 9. The van der Waals surface area contributed by atoms with Crippen molar-refractivity contribution < 1.29 is 28.9 Å². The van der Waals surface area contributed by atoms with Crippen molar-refractivity contribution in [3.8, 4) is 11.5 Å². The van der Waals surface area contributed by atoms with E-state index in [0.29, 0.717) is 4.47 Å². The van der Waals surface area contributed by atoms with Crippen LogP contribution in [0.25, 0.3) is 6.08 Å². The number of nitrogens with one attached hydrogen (secondary N) is 2. The first-order chi connectivity index (χ1) is 17.6. The van der Waals surface area contributed by atoms with Crippen molar-refractivity contribution in [2.24, 2.45) is 0 Å². The number of non-ortho nitro benzene ring substituents is 2. The zero-order chi connectivity index (χ0) is 27.1. The number of halogens is 1. The fourth-order valence-corrected chi connectivity index (χ4v) is 3.55. The van der Waals surface area contributed by atoms with Crippen LogP contribution in [0.4, 0.5) is 17.1 Å². The Bertz CT molecular complexity index is 1420. The van der Waals surface area contributed by atoms with Crippen LogP contribution < -0.4 is 20.1 Å². The van der Waals surface area contributed by atoms with E-state index in [1.54, 1.807) is 12.1 Å². The van der Waals surface area contributed by atoms with Crippen LogP contribution in [0.2, 0.25) is 0 Å². The third kappa shape index (κ3) is 6.67. The van der Waals surface area contributed by atoms with Gasteiger partial charge >= 0.3 is 0 Å². The van der Waals surface area contributed by atoms with Gasteiger partial charge in [0, 0.05) is 22.7 Å². The standard InChI is InChI=1S/C24H19BrN4O8/c1-36-21-9-6-15(25)12-18(21)23(30)27-20(11-14-4-3-5-16(10-14)28(32)33)24(31)26-19-8-7-17(29(34)35)13-22(19)37-2/h3-13H,1-2H3,(H,26,31)(H,27,30)/b20-11-. The van der Waals surface area contributed by atoms with Crippen LogP contribution in [0.5, 0.6) is 11.5 Å².